The van der Waals surface area contributed by atoms with E-state index < -0.39 is 0 Å². The van der Waals surface area contributed by atoms with Gasteiger partial charge < -0.3 is 9.80 Å². The van der Waals surface area contributed by atoms with Crippen molar-refractivity contribution in [2.75, 3.05) is 26.2 Å². The van der Waals surface area contributed by atoms with Crippen molar-refractivity contribution in [3.8, 4) is 0 Å². The Bertz CT molecular complexity index is 483. The van der Waals surface area contributed by atoms with E-state index in [9.17, 15) is 4.79 Å². The maximum Gasteiger partial charge on any atom is 0.226 e. The van der Waals surface area contributed by atoms with E-state index in [0.29, 0.717) is 11.8 Å². The summed E-state index contributed by atoms with van der Waals surface area (Å²) in [6.45, 7) is 7.50. The molecule has 0 unspecified atom stereocenters. The third-order valence-electron chi connectivity index (χ3n) is 5.28. The van der Waals surface area contributed by atoms with Gasteiger partial charge in [-0.3, -0.25) is 4.79 Å². The molecular formula is C19H29N2O+. The van der Waals surface area contributed by atoms with Gasteiger partial charge in [0.1, 0.15) is 6.54 Å². The summed E-state index contributed by atoms with van der Waals surface area (Å²) in [6.07, 6.45) is 5.82. The molecule has 0 spiro atoms. The van der Waals surface area contributed by atoms with Crippen LogP contribution < -0.4 is 4.90 Å². The molecule has 3 rings (SSSR count). The van der Waals surface area contributed by atoms with Crippen molar-refractivity contribution in [1.82, 2.24) is 4.90 Å². The van der Waals surface area contributed by atoms with Gasteiger partial charge in [-0.1, -0.05) is 29.8 Å². The number of benzene rings is 1. The van der Waals surface area contributed by atoms with Crippen LogP contribution in [0.3, 0.4) is 0 Å². The topological polar surface area (TPSA) is 24.8 Å². The van der Waals surface area contributed by atoms with Gasteiger partial charge >= 0.3 is 0 Å². The number of hydrogen-bond donors (Lipinski definition) is 1. The molecule has 3 heteroatoms. The number of nitrogens with zero attached hydrogens (tertiary/aromatic N) is 1. The van der Waals surface area contributed by atoms with Gasteiger partial charge in [0.05, 0.1) is 13.1 Å². The molecule has 22 heavy (non-hydrogen) atoms. The summed E-state index contributed by atoms with van der Waals surface area (Å²) in [5.74, 6) is 0.731. The number of nitrogens with one attached hydrogen (secondary N) is 1. The van der Waals surface area contributed by atoms with Crippen molar-refractivity contribution in [3.05, 3.63) is 35.4 Å². The van der Waals surface area contributed by atoms with Crippen molar-refractivity contribution in [2.24, 2.45) is 5.92 Å². The predicted molar refractivity (Wildman–Crippen MR) is 88.7 cm³/mol. The Morgan fingerprint density at radius 2 is 1.73 bits per heavy atom. The number of carbonyl (C=O) groups excluding carboxylic acids is 1. The molecule has 0 aromatic heterocycles. The van der Waals surface area contributed by atoms with Crippen LogP contribution in [-0.4, -0.2) is 37.0 Å². The minimum atomic E-state index is 0.292. The summed E-state index contributed by atoms with van der Waals surface area (Å²) < 4.78 is 0. The minimum absolute atomic E-state index is 0.292. The lowest BCUT2D eigenvalue weighted by Crippen LogP contribution is -3.11. The maximum atomic E-state index is 12.6. The van der Waals surface area contributed by atoms with Crippen molar-refractivity contribution in [1.29, 1.82) is 0 Å². The lowest BCUT2D eigenvalue weighted by Gasteiger charge is -2.34. The number of rotatable bonds is 3. The lowest BCUT2D eigenvalue weighted by molar-refractivity contribution is -0.919. The van der Waals surface area contributed by atoms with E-state index in [1.54, 1.807) is 4.90 Å². The van der Waals surface area contributed by atoms with Crippen LogP contribution in [0.25, 0.3) is 0 Å². The van der Waals surface area contributed by atoms with Crippen LogP contribution >= 0.6 is 0 Å². The monoisotopic (exact) mass is 301 g/mol. The van der Waals surface area contributed by atoms with Crippen molar-refractivity contribution >= 4 is 5.91 Å². The van der Waals surface area contributed by atoms with E-state index in [0.717, 1.165) is 45.6 Å². The van der Waals surface area contributed by atoms with Crippen LogP contribution in [0.4, 0.5) is 0 Å². The molecule has 1 amide bonds. The zero-order valence-corrected chi connectivity index (χ0v) is 13.8. The van der Waals surface area contributed by atoms with Crippen molar-refractivity contribution < 1.29 is 9.69 Å². The first-order chi connectivity index (χ1) is 10.7. The molecule has 2 heterocycles. The fourth-order valence-corrected chi connectivity index (χ4v) is 3.82. The van der Waals surface area contributed by atoms with Gasteiger partial charge in [0.15, 0.2) is 0 Å². The van der Waals surface area contributed by atoms with Gasteiger partial charge in [-0.2, -0.15) is 0 Å². The molecule has 2 aliphatic heterocycles. The van der Waals surface area contributed by atoms with E-state index in [4.69, 9.17) is 0 Å². The number of amides is 1. The zero-order valence-electron chi connectivity index (χ0n) is 13.8. The molecule has 2 aliphatic rings. The van der Waals surface area contributed by atoms with E-state index in [1.807, 2.05) is 0 Å². The van der Waals surface area contributed by atoms with Crippen molar-refractivity contribution in [2.45, 2.75) is 45.6 Å². The fraction of sp³-hybridized carbons (Fsp3) is 0.632. The van der Waals surface area contributed by atoms with Crippen LogP contribution in [0.5, 0.6) is 0 Å². The van der Waals surface area contributed by atoms with Gasteiger partial charge in [-0.05, 0) is 26.2 Å². The molecule has 3 nitrogen and oxygen atoms in total. The Morgan fingerprint density at radius 3 is 2.36 bits per heavy atom. The summed E-state index contributed by atoms with van der Waals surface area (Å²) in [7, 11) is 0. The first kappa shape index (κ1) is 15.5. The van der Waals surface area contributed by atoms with E-state index >= 15 is 0 Å². The predicted octanol–water partition coefficient (Wildman–Crippen LogP) is 1.80. The second kappa shape index (κ2) is 7.28. The van der Waals surface area contributed by atoms with Crippen LogP contribution in [0.1, 0.15) is 43.2 Å². The maximum absolute atomic E-state index is 12.6. The Morgan fingerprint density at radius 1 is 1.09 bits per heavy atom. The normalized spacial score (nSPS) is 26.0. The molecule has 1 aromatic carbocycles. The molecule has 0 aliphatic carbocycles. The van der Waals surface area contributed by atoms with Crippen LogP contribution in [0.2, 0.25) is 0 Å². The highest BCUT2D eigenvalue weighted by atomic mass is 16.2. The SMILES string of the molecule is Cc1ccc(C[NH+]2CCC(C(=O)N3CCCCC3)CC2)cc1. The molecule has 0 bridgehead atoms. The first-order valence-electron chi connectivity index (χ1n) is 8.90. The lowest BCUT2D eigenvalue weighted by atomic mass is 9.94. The van der Waals surface area contributed by atoms with Gasteiger partial charge in [0, 0.05) is 37.4 Å². The zero-order chi connectivity index (χ0) is 15.4. The summed E-state index contributed by atoms with van der Waals surface area (Å²) in [6, 6.07) is 8.88. The second-order valence-corrected chi connectivity index (χ2v) is 7.07. The van der Waals surface area contributed by atoms with Crippen LogP contribution in [0.15, 0.2) is 24.3 Å². The molecule has 2 saturated heterocycles. The molecule has 2 fully saturated rings. The average molecular weight is 301 g/mol. The number of piperidine rings is 2. The second-order valence-electron chi connectivity index (χ2n) is 7.07. The van der Waals surface area contributed by atoms with E-state index in [2.05, 4.69) is 36.1 Å². The third-order valence-corrected chi connectivity index (χ3v) is 5.28. The van der Waals surface area contributed by atoms with E-state index in [1.165, 1.54) is 30.4 Å². The first-order valence-corrected chi connectivity index (χ1v) is 8.90. The molecule has 0 radical (unpaired) electrons. The standard InChI is InChI=1S/C19H28N2O/c1-16-5-7-17(8-6-16)15-20-13-9-18(10-14-20)19(22)21-11-3-2-4-12-21/h5-8,18H,2-4,9-15H2,1H3/p+1. The minimum Gasteiger partial charge on any atom is -0.342 e. The van der Waals surface area contributed by atoms with Crippen molar-refractivity contribution in [3.63, 3.8) is 0 Å². The number of likely N-dealkylation sites (tertiary alicyclic amines) is 2. The number of carbonyl (C=O) groups is 1. The Kier molecular flexibility index (Phi) is 5.14. The van der Waals surface area contributed by atoms with Crippen LogP contribution in [-0.2, 0) is 11.3 Å². The molecular weight excluding hydrogens is 272 g/mol. The molecule has 120 valence electrons. The number of quaternary nitrogens is 1. The van der Waals surface area contributed by atoms with Crippen LogP contribution in [0, 0.1) is 12.8 Å². The third kappa shape index (κ3) is 3.89. The summed E-state index contributed by atoms with van der Waals surface area (Å²) in [5.41, 5.74) is 2.74. The summed E-state index contributed by atoms with van der Waals surface area (Å²) in [5, 5.41) is 0. The molecule has 1 aromatic rings. The largest absolute Gasteiger partial charge is 0.342 e. The molecule has 0 atom stereocenters. The molecule has 1 N–H and O–H groups in total. The number of hydrogen-bond acceptors (Lipinski definition) is 1. The quantitative estimate of drug-likeness (QED) is 0.905. The summed E-state index contributed by atoms with van der Waals surface area (Å²) >= 11 is 0. The van der Waals surface area contributed by atoms with Gasteiger partial charge in [0.2, 0.25) is 5.91 Å². The Labute approximate surface area is 134 Å². The average Bonchev–Trinajstić information content (AvgIpc) is 2.58. The Balaban J connectivity index is 1.47. The molecule has 0 saturated carbocycles. The van der Waals surface area contributed by atoms with Gasteiger partial charge in [0.25, 0.3) is 0 Å². The van der Waals surface area contributed by atoms with Gasteiger partial charge in [-0.15, -0.1) is 0 Å². The fourth-order valence-electron chi connectivity index (χ4n) is 3.82. The number of aryl methyl sites for hydroxylation is 1. The highest BCUT2D eigenvalue weighted by Crippen LogP contribution is 2.17. The highest BCUT2D eigenvalue weighted by Gasteiger charge is 2.30. The Hall–Kier alpha value is -1.35. The smallest absolute Gasteiger partial charge is 0.226 e. The summed E-state index contributed by atoms with van der Waals surface area (Å²) in [4.78, 5) is 16.3. The van der Waals surface area contributed by atoms with E-state index in [-0.39, 0.29) is 0 Å². The van der Waals surface area contributed by atoms with Gasteiger partial charge in [-0.25, -0.2) is 0 Å². The highest BCUT2D eigenvalue weighted by molar-refractivity contribution is 5.79.